The molecule has 0 aliphatic rings. The van der Waals surface area contributed by atoms with Crippen LogP contribution < -0.4 is 4.74 Å². The first-order chi connectivity index (χ1) is 40.5. The first-order valence-corrected chi connectivity index (χ1v) is 32.5. The molecule has 1 nitrogen and oxygen atoms in total. The minimum absolute atomic E-state index is 0. The summed E-state index contributed by atoms with van der Waals surface area (Å²) < 4.78 is 54.4. The van der Waals surface area contributed by atoms with Crippen LogP contribution in [0.15, 0.2) is 164 Å². The van der Waals surface area contributed by atoms with Crippen LogP contribution in [0, 0.1) is 50.6 Å². The van der Waals surface area contributed by atoms with Gasteiger partial charge >= 0.3 is 6.18 Å². The standard InChI is InChI=1S/C12H17Cl.C12H15F3.C12H18O.C11H14Cl2.C11H15Cl.C11H15F.C11H16.CH4/c1-9-5-6-10(11(13)7-9)8-12(2,3)4;1-11(2,3)8-9-4-6-10(7-5-9)12(13,14)15;1-12(2,3)9-10-5-7-11(13-4)8-6-10;1-11(2,3)7-8-4-5-9(12)10(13)6-8;2*1-11(2,3)8-9-4-6-10(12)7-5-9;1-11(2,3)9-10-7-5-4-6-8-10;/h5-7H,8H2,1-4H3;4-7H,8H2,1-3H3;5-8H,9H2,1-4H3;4-6H,7H2,1-3H3;2*4-7H,8H2,1-3H3;4-8H,9H2,1-3H3;1H4. The Balaban J connectivity index is 0.00000103. The Bertz CT molecular complexity index is 2990. The molecule has 0 atom stereocenters. The van der Waals surface area contributed by atoms with Crippen molar-refractivity contribution in [2.45, 2.75) is 211 Å². The molecule has 0 radical (unpaired) electrons. The van der Waals surface area contributed by atoms with Gasteiger partial charge in [0.25, 0.3) is 0 Å². The quantitative estimate of drug-likeness (QED) is 0.138. The fourth-order valence-corrected chi connectivity index (χ4v) is 9.79. The van der Waals surface area contributed by atoms with Gasteiger partial charge in [-0.05, 0) is 201 Å². The van der Waals surface area contributed by atoms with Gasteiger partial charge in [-0.25, -0.2) is 4.39 Å². The van der Waals surface area contributed by atoms with Crippen molar-refractivity contribution in [2.24, 2.45) is 37.9 Å². The lowest BCUT2D eigenvalue weighted by Crippen LogP contribution is -2.10. The summed E-state index contributed by atoms with van der Waals surface area (Å²) in [6.45, 7) is 48.3. The van der Waals surface area contributed by atoms with Crippen LogP contribution in [-0.2, 0) is 51.1 Å². The second-order valence-electron chi connectivity index (χ2n) is 31.8. The maximum absolute atomic E-state index is 12.5. The molecule has 90 heavy (non-hydrogen) atoms. The molecule has 0 N–H and O–H groups in total. The van der Waals surface area contributed by atoms with Crippen molar-refractivity contribution in [1.29, 1.82) is 0 Å². The summed E-state index contributed by atoms with van der Waals surface area (Å²) in [6, 6.07) is 51.2. The van der Waals surface area contributed by atoms with Gasteiger partial charge in [0.15, 0.2) is 0 Å². The maximum Gasteiger partial charge on any atom is 0.416 e. The summed E-state index contributed by atoms with van der Waals surface area (Å²) in [6.07, 6.45) is 2.96. The average Bonchev–Trinajstić information content (AvgIpc) is 2.20. The summed E-state index contributed by atoms with van der Waals surface area (Å²) in [4.78, 5) is 0. The molecule has 7 aromatic rings. The van der Waals surface area contributed by atoms with Crippen LogP contribution in [0.1, 0.15) is 203 Å². The third-order valence-electron chi connectivity index (χ3n) is 12.4. The van der Waals surface area contributed by atoms with E-state index in [0.717, 1.165) is 78.4 Å². The molecule has 0 aliphatic carbocycles. The van der Waals surface area contributed by atoms with E-state index in [1.54, 1.807) is 19.2 Å². The highest BCUT2D eigenvalue weighted by Crippen LogP contribution is 2.32. The normalized spacial score (nSPS) is 11.7. The predicted molar refractivity (Wildman–Crippen MR) is 390 cm³/mol. The molecule has 0 aromatic heterocycles. The molecule has 7 aromatic carbocycles. The first kappa shape index (κ1) is 85.2. The number of ether oxygens (including phenoxy) is 1. The smallest absolute Gasteiger partial charge is 0.416 e. The third kappa shape index (κ3) is 44.7. The number of hydrogen-bond acceptors (Lipinski definition) is 1. The summed E-state index contributed by atoms with van der Waals surface area (Å²) in [7, 11) is 1.69. The van der Waals surface area contributed by atoms with Gasteiger partial charge in [-0.2, -0.15) is 13.2 Å². The van der Waals surface area contributed by atoms with Crippen LogP contribution >= 0.6 is 46.4 Å². The van der Waals surface area contributed by atoms with E-state index in [0.29, 0.717) is 31.7 Å². The summed E-state index contributed by atoms with van der Waals surface area (Å²) in [5.41, 5.74) is 11.5. The molecule has 0 spiro atoms. The number of hydrogen-bond donors (Lipinski definition) is 0. The molecule has 500 valence electrons. The zero-order chi connectivity index (χ0) is 68.4. The fraction of sp³-hybridized carbons (Fsp3) is 0.481. The summed E-state index contributed by atoms with van der Waals surface area (Å²) >= 11 is 23.6. The number of rotatable bonds is 8. The largest absolute Gasteiger partial charge is 0.497 e. The molecule has 0 amide bonds. The molecule has 9 heteroatoms. The monoisotopic (exact) mass is 1320 g/mol. The minimum atomic E-state index is -4.24. The lowest BCUT2D eigenvalue weighted by Gasteiger charge is -2.19. The van der Waals surface area contributed by atoms with Crippen LogP contribution in [0.5, 0.6) is 5.75 Å². The van der Waals surface area contributed by atoms with Crippen molar-refractivity contribution < 1.29 is 22.3 Å². The number of alkyl halides is 3. The number of methoxy groups -OCH3 is 1. The van der Waals surface area contributed by atoms with Gasteiger partial charge in [0.2, 0.25) is 0 Å². The van der Waals surface area contributed by atoms with Gasteiger partial charge < -0.3 is 4.74 Å². The molecular weight excluding hydrogens is 1210 g/mol. The van der Waals surface area contributed by atoms with Gasteiger partial charge in [0, 0.05) is 10.0 Å². The lowest BCUT2D eigenvalue weighted by atomic mass is 9.88. The third-order valence-corrected chi connectivity index (χ3v) is 13.8. The highest BCUT2D eigenvalue weighted by Gasteiger charge is 2.30. The van der Waals surface area contributed by atoms with Gasteiger partial charge in [-0.1, -0.05) is 296 Å². The second-order valence-corrected chi connectivity index (χ2v) is 33.4. The van der Waals surface area contributed by atoms with Gasteiger partial charge in [-0.3, -0.25) is 0 Å². The van der Waals surface area contributed by atoms with Crippen LogP contribution in [-0.4, -0.2) is 7.11 Å². The van der Waals surface area contributed by atoms with E-state index < -0.39 is 11.7 Å². The summed E-state index contributed by atoms with van der Waals surface area (Å²) in [5, 5.41) is 2.98. The molecule has 0 saturated carbocycles. The first-order valence-electron chi connectivity index (χ1n) is 31.0. The second kappa shape index (κ2) is 38.4. The predicted octanol–water partition coefficient (Wildman–Crippen LogP) is 27.7. The summed E-state index contributed by atoms with van der Waals surface area (Å²) in [5.74, 6) is 0.769. The topological polar surface area (TPSA) is 9.23 Å². The van der Waals surface area contributed by atoms with Crippen LogP contribution in [0.4, 0.5) is 17.6 Å². The van der Waals surface area contributed by atoms with Crippen molar-refractivity contribution >= 4 is 46.4 Å². The highest BCUT2D eigenvalue weighted by atomic mass is 35.5. The zero-order valence-electron chi connectivity index (χ0n) is 58.5. The Labute approximate surface area is 566 Å². The van der Waals surface area contributed by atoms with E-state index in [1.807, 2.05) is 60.7 Å². The SMILES string of the molecule is C.CC(C)(C)Cc1ccc(C(F)(F)F)cc1.CC(C)(C)Cc1ccc(Cl)c(Cl)c1.CC(C)(C)Cc1ccc(Cl)cc1.CC(C)(C)Cc1ccc(F)cc1.CC(C)(C)Cc1ccccc1.COc1ccc(CC(C)(C)C)cc1.Cc1ccc(CC(C)(C)C)c(Cl)c1. The van der Waals surface area contributed by atoms with Gasteiger partial charge in [-0.15, -0.1) is 0 Å². The van der Waals surface area contributed by atoms with Crippen molar-refractivity contribution in [1.82, 2.24) is 0 Å². The van der Waals surface area contributed by atoms with Crippen molar-refractivity contribution in [3.63, 3.8) is 0 Å². The van der Waals surface area contributed by atoms with E-state index in [1.165, 1.54) is 51.1 Å². The van der Waals surface area contributed by atoms with Gasteiger partial charge in [0.05, 0.1) is 22.7 Å². The van der Waals surface area contributed by atoms with Crippen LogP contribution in [0.3, 0.4) is 0 Å². The average molecular weight is 1320 g/mol. The molecule has 0 saturated heterocycles. The Morgan fingerprint density at radius 2 is 0.656 bits per heavy atom. The van der Waals surface area contributed by atoms with Crippen molar-refractivity contribution in [3.05, 3.63) is 240 Å². The van der Waals surface area contributed by atoms with Crippen molar-refractivity contribution in [3.8, 4) is 5.75 Å². The molecule has 0 fully saturated rings. The lowest BCUT2D eigenvalue weighted by molar-refractivity contribution is -0.137. The molecular formula is C81H114Cl4F4O. The van der Waals surface area contributed by atoms with Crippen LogP contribution in [0.2, 0.25) is 20.1 Å². The molecule has 0 aliphatic heterocycles. The molecule has 0 unspecified atom stereocenters. The van der Waals surface area contributed by atoms with E-state index in [4.69, 9.17) is 51.1 Å². The van der Waals surface area contributed by atoms with Crippen molar-refractivity contribution in [2.75, 3.05) is 7.11 Å². The van der Waals surface area contributed by atoms with Crippen LogP contribution in [0.25, 0.3) is 0 Å². The Kier molecular flexibility index (Phi) is 36.4. The van der Waals surface area contributed by atoms with E-state index >= 15 is 0 Å². The molecule has 0 heterocycles. The fourth-order valence-electron chi connectivity index (χ4n) is 9.05. The Hall–Kier alpha value is -4.78. The zero-order valence-corrected chi connectivity index (χ0v) is 61.5. The molecule has 7 rings (SSSR count). The Morgan fingerprint density at radius 3 is 0.989 bits per heavy atom. The number of halogens is 8. The Morgan fingerprint density at radius 1 is 0.333 bits per heavy atom. The van der Waals surface area contributed by atoms with Gasteiger partial charge in [0.1, 0.15) is 11.6 Å². The minimum Gasteiger partial charge on any atom is -0.497 e. The maximum atomic E-state index is 12.5. The molecule has 0 bridgehead atoms. The van der Waals surface area contributed by atoms with E-state index in [9.17, 15) is 17.6 Å². The number of benzene rings is 7. The highest BCUT2D eigenvalue weighted by molar-refractivity contribution is 6.42. The van der Waals surface area contributed by atoms with E-state index in [-0.39, 0.29) is 29.5 Å². The van der Waals surface area contributed by atoms with E-state index in [2.05, 4.69) is 219 Å². The number of aryl methyl sites for hydroxylation is 1.